The number of aromatic nitrogens is 2. The number of aryl methyl sites for hydroxylation is 2. The molecule has 4 nitrogen and oxygen atoms in total. The van der Waals surface area contributed by atoms with Crippen LogP contribution in [0, 0.1) is 0 Å². The van der Waals surface area contributed by atoms with Crippen LogP contribution < -0.4 is 0 Å². The predicted octanol–water partition coefficient (Wildman–Crippen LogP) is 1.65. The van der Waals surface area contributed by atoms with Crippen molar-refractivity contribution in [1.29, 1.82) is 0 Å². The van der Waals surface area contributed by atoms with Crippen LogP contribution in [0.1, 0.15) is 37.7 Å². The van der Waals surface area contributed by atoms with Gasteiger partial charge in [0.1, 0.15) is 0 Å². The van der Waals surface area contributed by atoms with E-state index in [1.54, 1.807) is 0 Å². The summed E-state index contributed by atoms with van der Waals surface area (Å²) in [5.41, 5.74) is 2.90. The number of aliphatic carboxylic acids is 1. The molecule has 0 radical (unpaired) electrons. The zero-order valence-corrected chi connectivity index (χ0v) is 9.58. The second-order valence-corrected chi connectivity index (χ2v) is 3.47. The molecule has 4 heteroatoms. The maximum atomic E-state index is 10.8. The standard InChI is InChI=1S/C11H18N2O2/c1-4-9-8(7-11(14)15)10(5-2)13(6-3)12-9/h4-7H2,1-3H3,(H,14,15). The lowest BCUT2D eigenvalue weighted by Crippen LogP contribution is -2.06. The Morgan fingerprint density at radius 2 is 2.00 bits per heavy atom. The van der Waals surface area contributed by atoms with Crippen LogP contribution in [0.4, 0.5) is 0 Å². The Hall–Kier alpha value is -1.32. The summed E-state index contributed by atoms with van der Waals surface area (Å²) >= 11 is 0. The summed E-state index contributed by atoms with van der Waals surface area (Å²) in [6.45, 7) is 6.87. The SMILES string of the molecule is CCc1nn(CC)c(CC)c1CC(=O)O. The van der Waals surface area contributed by atoms with Crippen LogP contribution in [-0.2, 0) is 30.6 Å². The summed E-state index contributed by atoms with van der Waals surface area (Å²) in [6.07, 6.45) is 1.72. The molecule has 1 aromatic heterocycles. The van der Waals surface area contributed by atoms with Crippen molar-refractivity contribution in [3.05, 3.63) is 17.0 Å². The minimum absolute atomic E-state index is 0.0896. The Bertz CT molecular complexity index is 356. The van der Waals surface area contributed by atoms with Crippen molar-refractivity contribution in [2.45, 2.75) is 46.6 Å². The molecule has 0 unspecified atom stereocenters. The first kappa shape index (κ1) is 11.8. The molecule has 1 heterocycles. The fourth-order valence-electron chi connectivity index (χ4n) is 1.89. The lowest BCUT2D eigenvalue weighted by molar-refractivity contribution is -0.136. The average molecular weight is 210 g/mol. The second kappa shape index (κ2) is 4.96. The zero-order chi connectivity index (χ0) is 11.4. The van der Waals surface area contributed by atoms with Crippen LogP contribution in [0.25, 0.3) is 0 Å². The first-order valence-corrected chi connectivity index (χ1v) is 5.43. The summed E-state index contributed by atoms with van der Waals surface area (Å²) in [7, 11) is 0. The number of carboxylic acid groups (broad SMARTS) is 1. The summed E-state index contributed by atoms with van der Waals surface area (Å²) < 4.78 is 1.91. The maximum Gasteiger partial charge on any atom is 0.307 e. The molecule has 15 heavy (non-hydrogen) atoms. The van der Waals surface area contributed by atoms with Gasteiger partial charge in [-0.1, -0.05) is 13.8 Å². The summed E-state index contributed by atoms with van der Waals surface area (Å²) in [6, 6.07) is 0. The zero-order valence-electron chi connectivity index (χ0n) is 9.58. The topological polar surface area (TPSA) is 55.1 Å². The molecule has 0 atom stereocenters. The molecule has 0 saturated carbocycles. The third-order valence-corrected chi connectivity index (χ3v) is 2.55. The highest BCUT2D eigenvalue weighted by Gasteiger charge is 2.16. The van der Waals surface area contributed by atoms with Gasteiger partial charge in [-0.15, -0.1) is 0 Å². The number of nitrogens with zero attached hydrogens (tertiary/aromatic N) is 2. The molecule has 1 aromatic rings. The van der Waals surface area contributed by atoms with E-state index in [0.29, 0.717) is 0 Å². The molecule has 0 spiro atoms. The van der Waals surface area contributed by atoms with E-state index in [0.717, 1.165) is 36.3 Å². The third-order valence-electron chi connectivity index (χ3n) is 2.55. The Labute approximate surface area is 89.9 Å². The smallest absolute Gasteiger partial charge is 0.307 e. The van der Waals surface area contributed by atoms with E-state index in [4.69, 9.17) is 5.11 Å². The Morgan fingerprint density at radius 1 is 1.33 bits per heavy atom. The average Bonchev–Trinajstić information content (AvgIpc) is 2.54. The van der Waals surface area contributed by atoms with Gasteiger partial charge in [-0.25, -0.2) is 0 Å². The summed E-state index contributed by atoms with van der Waals surface area (Å²) in [5, 5.41) is 13.3. The van der Waals surface area contributed by atoms with Gasteiger partial charge in [0.2, 0.25) is 0 Å². The first-order chi connectivity index (χ1) is 7.13. The number of carbonyl (C=O) groups is 1. The van der Waals surface area contributed by atoms with E-state index in [-0.39, 0.29) is 6.42 Å². The Morgan fingerprint density at radius 3 is 2.40 bits per heavy atom. The largest absolute Gasteiger partial charge is 0.481 e. The molecule has 84 valence electrons. The van der Waals surface area contributed by atoms with Crippen molar-refractivity contribution in [2.75, 3.05) is 0 Å². The summed E-state index contributed by atoms with van der Waals surface area (Å²) in [4.78, 5) is 10.8. The van der Waals surface area contributed by atoms with Gasteiger partial charge in [-0.2, -0.15) is 5.10 Å². The van der Waals surface area contributed by atoms with Crippen LogP contribution >= 0.6 is 0 Å². The third kappa shape index (κ3) is 2.37. The molecule has 0 aliphatic heterocycles. The molecule has 0 bridgehead atoms. The van der Waals surface area contributed by atoms with Gasteiger partial charge < -0.3 is 5.11 Å². The van der Waals surface area contributed by atoms with Crippen molar-refractivity contribution in [1.82, 2.24) is 9.78 Å². The van der Waals surface area contributed by atoms with Crippen LogP contribution in [0.5, 0.6) is 0 Å². The monoisotopic (exact) mass is 210 g/mol. The van der Waals surface area contributed by atoms with E-state index in [2.05, 4.69) is 5.10 Å². The van der Waals surface area contributed by atoms with Crippen molar-refractivity contribution in [3.63, 3.8) is 0 Å². The number of carboxylic acids is 1. The van der Waals surface area contributed by atoms with Gasteiger partial charge in [0.05, 0.1) is 12.1 Å². The highest BCUT2D eigenvalue weighted by Crippen LogP contribution is 2.17. The van der Waals surface area contributed by atoms with Gasteiger partial charge in [-0.3, -0.25) is 9.48 Å². The number of hydrogen-bond acceptors (Lipinski definition) is 2. The van der Waals surface area contributed by atoms with Gasteiger partial charge in [-0.05, 0) is 19.8 Å². The highest BCUT2D eigenvalue weighted by atomic mass is 16.4. The quantitative estimate of drug-likeness (QED) is 0.804. The number of hydrogen-bond donors (Lipinski definition) is 1. The van der Waals surface area contributed by atoms with Crippen molar-refractivity contribution >= 4 is 5.97 Å². The normalized spacial score (nSPS) is 10.6. The minimum atomic E-state index is -0.782. The first-order valence-electron chi connectivity index (χ1n) is 5.43. The fourth-order valence-corrected chi connectivity index (χ4v) is 1.89. The van der Waals surface area contributed by atoms with E-state index in [9.17, 15) is 4.79 Å². The molecule has 0 saturated heterocycles. The van der Waals surface area contributed by atoms with Gasteiger partial charge in [0.15, 0.2) is 0 Å². The molecule has 1 rings (SSSR count). The van der Waals surface area contributed by atoms with Crippen LogP contribution in [0.2, 0.25) is 0 Å². The molecule has 0 amide bonds. The van der Waals surface area contributed by atoms with Gasteiger partial charge in [0, 0.05) is 17.8 Å². The summed E-state index contributed by atoms with van der Waals surface area (Å²) in [5.74, 6) is -0.782. The molecule has 0 aliphatic carbocycles. The minimum Gasteiger partial charge on any atom is -0.481 e. The lowest BCUT2D eigenvalue weighted by atomic mass is 10.1. The Balaban J connectivity index is 3.17. The van der Waals surface area contributed by atoms with Gasteiger partial charge >= 0.3 is 5.97 Å². The van der Waals surface area contributed by atoms with E-state index in [1.807, 2.05) is 25.5 Å². The molecule has 0 aromatic carbocycles. The van der Waals surface area contributed by atoms with Crippen LogP contribution in [0.3, 0.4) is 0 Å². The van der Waals surface area contributed by atoms with E-state index < -0.39 is 5.97 Å². The van der Waals surface area contributed by atoms with E-state index >= 15 is 0 Å². The van der Waals surface area contributed by atoms with Crippen molar-refractivity contribution in [2.24, 2.45) is 0 Å². The van der Waals surface area contributed by atoms with Crippen LogP contribution in [-0.4, -0.2) is 20.9 Å². The fraction of sp³-hybridized carbons (Fsp3) is 0.636. The molecular formula is C11H18N2O2. The predicted molar refractivity (Wildman–Crippen MR) is 58.0 cm³/mol. The van der Waals surface area contributed by atoms with Crippen molar-refractivity contribution < 1.29 is 9.90 Å². The molecule has 0 fully saturated rings. The second-order valence-electron chi connectivity index (χ2n) is 3.47. The Kier molecular flexibility index (Phi) is 3.88. The molecular weight excluding hydrogens is 192 g/mol. The van der Waals surface area contributed by atoms with Crippen LogP contribution in [0.15, 0.2) is 0 Å². The highest BCUT2D eigenvalue weighted by molar-refractivity contribution is 5.71. The maximum absolute atomic E-state index is 10.8. The lowest BCUT2D eigenvalue weighted by Gasteiger charge is -2.03. The van der Waals surface area contributed by atoms with Gasteiger partial charge in [0.25, 0.3) is 0 Å². The molecule has 0 aliphatic rings. The molecule has 1 N–H and O–H groups in total. The van der Waals surface area contributed by atoms with E-state index in [1.165, 1.54) is 0 Å². The number of rotatable bonds is 5. The van der Waals surface area contributed by atoms with Crippen molar-refractivity contribution in [3.8, 4) is 0 Å².